The first kappa shape index (κ1) is 15.9. The predicted molar refractivity (Wildman–Crippen MR) is 78.0 cm³/mol. The first-order valence-corrected chi connectivity index (χ1v) is 7.24. The maximum absolute atomic E-state index is 11.8. The van der Waals surface area contributed by atoms with Gasteiger partial charge >= 0.3 is 11.3 Å². The molecule has 0 unspecified atom stereocenters. The SMILES string of the molecule is CCOC(=O)NN(C(=O)SC)c1ccc(Cl)c(Cl)c1. The molecule has 0 aliphatic rings. The van der Waals surface area contributed by atoms with Crippen LogP contribution in [0.15, 0.2) is 18.2 Å². The average molecular weight is 323 g/mol. The zero-order chi connectivity index (χ0) is 14.4. The molecule has 5 nitrogen and oxygen atoms in total. The van der Waals surface area contributed by atoms with Gasteiger partial charge in [0.05, 0.1) is 22.3 Å². The monoisotopic (exact) mass is 322 g/mol. The van der Waals surface area contributed by atoms with E-state index < -0.39 is 6.09 Å². The van der Waals surface area contributed by atoms with Crippen LogP contribution in [0.5, 0.6) is 0 Å². The van der Waals surface area contributed by atoms with Crippen molar-refractivity contribution in [3.63, 3.8) is 0 Å². The standard InChI is InChI=1S/C11H12Cl2N2O3S/c1-3-18-10(16)14-15(11(17)19-2)7-4-5-8(12)9(13)6-7/h4-6H,3H2,1-2H3,(H,14,16). The topological polar surface area (TPSA) is 58.6 Å². The van der Waals surface area contributed by atoms with Gasteiger partial charge in [0.2, 0.25) is 0 Å². The summed E-state index contributed by atoms with van der Waals surface area (Å²) in [5.41, 5.74) is 2.72. The van der Waals surface area contributed by atoms with Crippen molar-refractivity contribution in [3.8, 4) is 0 Å². The fourth-order valence-corrected chi connectivity index (χ4v) is 1.81. The third-order valence-electron chi connectivity index (χ3n) is 2.00. The third kappa shape index (κ3) is 4.49. The zero-order valence-electron chi connectivity index (χ0n) is 10.3. The Bertz CT molecular complexity index is 485. The van der Waals surface area contributed by atoms with Gasteiger partial charge in [-0.05, 0) is 31.4 Å². The van der Waals surface area contributed by atoms with Gasteiger partial charge in [-0.1, -0.05) is 35.0 Å². The summed E-state index contributed by atoms with van der Waals surface area (Å²) in [5, 5.41) is 1.30. The van der Waals surface area contributed by atoms with Gasteiger partial charge in [0.25, 0.3) is 0 Å². The molecule has 0 bridgehead atoms. The fraction of sp³-hybridized carbons (Fsp3) is 0.273. The minimum atomic E-state index is -0.726. The highest BCUT2D eigenvalue weighted by Gasteiger charge is 2.19. The molecule has 8 heteroatoms. The van der Waals surface area contributed by atoms with Crippen LogP contribution < -0.4 is 10.4 Å². The Labute approximate surface area is 125 Å². The van der Waals surface area contributed by atoms with Crippen LogP contribution in [0, 0.1) is 0 Å². The number of carbonyl (C=O) groups excluding carboxylic acids is 2. The lowest BCUT2D eigenvalue weighted by Crippen LogP contribution is -2.45. The van der Waals surface area contributed by atoms with Crippen molar-refractivity contribution < 1.29 is 14.3 Å². The van der Waals surface area contributed by atoms with E-state index >= 15 is 0 Å². The lowest BCUT2D eigenvalue weighted by atomic mass is 10.3. The molecule has 1 aromatic rings. The van der Waals surface area contributed by atoms with E-state index in [9.17, 15) is 9.59 Å². The first-order chi connectivity index (χ1) is 8.99. The minimum absolute atomic E-state index is 0.203. The summed E-state index contributed by atoms with van der Waals surface area (Å²) in [7, 11) is 0. The van der Waals surface area contributed by atoms with Crippen LogP contribution in [0.4, 0.5) is 15.3 Å². The molecular formula is C11H12Cl2N2O3S. The molecule has 104 valence electrons. The summed E-state index contributed by atoms with van der Waals surface area (Å²) < 4.78 is 4.73. The molecule has 1 N–H and O–H groups in total. The van der Waals surface area contributed by atoms with Crippen LogP contribution in [0.1, 0.15) is 6.92 Å². The van der Waals surface area contributed by atoms with Gasteiger partial charge in [0.15, 0.2) is 0 Å². The Balaban J connectivity index is 2.99. The molecule has 0 saturated heterocycles. The van der Waals surface area contributed by atoms with Crippen molar-refractivity contribution >= 4 is 52.0 Å². The van der Waals surface area contributed by atoms with Crippen LogP contribution >= 0.6 is 35.0 Å². The average Bonchev–Trinajstić information content (AvgIpc) is 2.39. The maximum Gasteiger partial charge on any atom is 0.426 e. The molecule has 0 radical (unpaired) electrons. The lowest BCUT2D eigenvalue weighted by Gasteiger charge is -2.22. The first-order valence-electron chi connectivity index (χ1n) is 5.26. The van der Waals surface area contributed by atoms with E-state index in [0.29, 0.717) is 10.7 Å². The van der Waals surface area contributed by atoms with Crippen LogP contribution in [0.25, 0.3) is 0 Å². The summed E-state index contributed by atoms with van der Waals surface area (Å²) in [5.74, 6) is 0. The molecule has 0 fully saturated rings. The Morgan fingerprint density at radius 2 is 2.05 bits per heavy atom. The molecule has 0 aliphatic carbocycles. The van der Waals surface area contributed by atoms with Crippen molar-refractivity contribution in [2.75, 3.05) is 17.9 Å². The van der Waals surface area contributed by atoms with Crippen molar-refractivity contribution in [1.82, 2.24) is 5.43 Å². The third-order valence-corrected chi connectivity index (χ3v) is 3.27. The highest BCUT2D eigenvalue weighted by atomic mass is 35.5. The smallest absolute Gasteiger partial charge is 0.426 e. The van der Waals surface area contributed by atoms with E-state index in [1.165, 1.54) is 12.1 Å². The van der Waals surface area contributed by atoms with Gasteiger partial charge < -0.3 is 4.74 Å². The second-order valence-corrected chi connectivity index (χ2v) is 4.81. The van der Waals surface area contributed by atoms with Crippen LogP contribution in [-0.4, -0.2) is 24.2 Å². The molecule has 1 rings (SSSR count). The number of halogens is 2. The molecule has 1 aromatic carbocycles. The van der Waals surface area contributed by atoms with E-state index in [1.54, 1.807) is 19.2 Å². The number of amides is 2. The summed E-state index contributed by atoms with van der Waals surface area (Å²) in [4.78, 5) is 23.2. The van der Waals surface area contributed by atoms with Gasteiger partial charge in [-0.3, -0.25) is 4.79 Å². The summed E-state index contributed by atoms with van der Waals surface area (Å²) in [6.07, 6.45) is 0.871. The van der Waals surface area contributed by atoms with E-state index in [2.05, 4.69) is 5.43 Å². The normalized spacial score (nSPS) is 9.89. The van der Waals surface area contributed by atoms with Crippen molar-refractivity contribution in [1.29, 1.82) is 0 Å². The molecule has 2 amide bonds. The molecule has 0 atom stereocenters. The second kappa shape index (κ2) is 7.47. The van der Waals surface area contributed by atoms with Gasteiger partial charge in [-0.2, -0.15) is 0 Å². The quantitative estimate of drug-likeness (QED) is 0.838. The van der Waals surface area contributed by atoms with Crippen LogP contribution in [0.3, 0.4) is 0 Å². The molecule has 19 heavy (non-hydrogen) atoms. The zero-order valence-corrected chi connectivity index (χ0v) is 12.6. The number of carbonyl (C=O) groups is 2. The number of hydrazine groups is 1. The van der Waals surface area contributed by atoms with Crippen LogP contribution in [-0.2, 0) is 4.74 Å². The second-order valence-electron chi connectivity index (χ2n) is 3.24. The van der Waals surface area contributed by atoms with Crippen molar-refractivity contribution in [2.24, 2.45) is 0 Å². The Hall–Kier alpha value is -1.11. The maximum atomic E-state index is 11.8. The van der Waals surface area contributed by atoms with E-state index in [-0.39, 0.29) is 16.9 Å². The Morgan fingerprint density at radius 3 is 2.58 bits per heavy atom. The van der Waals surface area contributed by atoms with Gasteiger partial charge in [0.1, 0.15) is 0 Å². The summed E-state index contributed by atoms with van der Waals surface area (Å²) in [6.45, 7) is 1.87. The van der Waals surface area contributed by atoms with E-state index in [0.717, 1.165) is 16.8 Å². The van der Waals surface area contributed by atoms with E-state index in [1.807, 2.05) is 0 Å². The highest BCUT2D eigenvalue weighted by Crippen LogP contribution is 2.27. The highest BCUT2D eigenvalue weighted by molar-refractivity contribution is 8.13. The lowest BCUT2D eigenvalue weighted by molar-refractivity contribution is 0.151. The Kier molecular flexibility index (Phi) is 6.27. The number of benzene rings is 1. The number of anilines is 1. The largest absolute Gasteiger partial charge is 0.449 e. The van der Waals surface area contributed by atoms with Crippen molar-refractivity contribution in [3.05, 3.63) is 28.2 Å². The number of ether oxygens (including phenoxy) is 1. The predicted octanol–water partition coefficient (Wildman–Crippen LogP) is 3.94. The van der Waals surface area contributed by atoms with Crippen LogP contribution in [0.2, 0.25) is 10.0 Å². The molecule has 0 aliphatic heterocycles. The number of hydrogen-bond donors (Lipinski definition) is 1. The molecule has 0 heterocycles. The van der Waals surface area contributed by atoms with Gasteiger partial charge in [-0.15, -0.1) is 0 Å². The number of hydrogen-bond acceptors (Lipinski definition) is 4. The number of rotatable bonds is 2. The summed E-state index contributed by atoms with van der Waals surface area (Å²) >= 11 is 12.6. The Morgan fingerprint density at radius 1 is 1.37 bits per heavy atom. The molecule has 0 spiro atoms. The number of nitrogens with one attached hydrogen (secondary N) is 1. The van der Waals surface area contributed by atoms with Gasteiger partial charge in [0, 0.05) is 0 Å². The molecule has 0 saturated carbocycles. The van der Waals surface area contributed by atoms with Crippen molar-refractivity contribution in [2.45, 2.75) is 6.92 Å². The number of thioether (sulfide) groups is 1. The minimum Gasteiger partial charge on any atom is -0.449 e. The molecule has 0 aromatic heterocycles. The molecular weight excluding hydrogens is 311 g/mol. The fourth-order valence-electron chi connectivity index (χ4n) is 1.19. The summed E-state index contributed by atoms with van der Waals surface area (Å²) in [6, 6.07) is 4.57. The van der Waals surface area contributed by atoms with E-state index in [4.69, 9.17) is 27.9 Å². The number of nitrogens with zero attached hydrogens (tertiary/aromatic N) is 1. The van der Waals surface area contributed by atoms with Gasteiger partial charge in [-0.25, -0.2) is 15.2 Å².